The number of anilines is 1. The highest BCUT2D eigenvalue weighted by Crippen LogP contribution is 2.27. The number of carbonyl (C=O) groups is 1. The maximum absolute atomic E-state index is 13.7. The van der Waals surface area contributed by atoms with Gasteiger partial charge in [-0.15, -0.1) is 16.8 Å². The van der Waals surface area contributed by atoms with Gasteiger partial charge < -0.3 is 5.32 Å². The Hall–Kier alpha value is -3.00. The molecule has 1 aromatic carbocycles. The van der Waals surface area contributed by atoms with E-state index in [1.165, 1.54) is 23.9 Å². The van der Waals surface area contributed by atoms with Crippen LogP contribution in [0, 0.1) is 5.82 Å². The molecule has 0 spiro atoms. The van der Waals surface area contributed by atoms with Crippen molar-refractivity contribution >= 4 is 23.4 Å². The lowest BCUT2D eigenvalue weighted by Crippen LogP contribution is -2.23. The van der Waals surface area contributed by atoms with Gasteiger partial charge in [-0.2, -0.15) is 0 Å². The number of carbonyl (C=O) groups excluding carboxylic acids is 1. The second kappa shape index (κ2) is 8.59. The van der Waals surface area contributed by atoms with Crippen molar-refractivity contribution in [1.29, 1.82) is 0 Å². The Kier molecular flexibility index (Phi) is 5.97. The highest BCUT2D eigenvalue weighted by atomic mass is 32.2. The lowest BCUT2D eigenvalue weighted by atomic mass is 10.2. The number of para-hydroxylation sites is 1. The van der Waals surface area contributed by atoms with Crippen LogP contribution in [0.4, 0.5) is 10.1 Å². The number of pyridine rings is 1. The summed E-state index contributed by atoms with van der Waals surface area (Å²) >= 11 is 1.25. The van der Waals surface area contributed by atoms with Gasteiger partial charge in [0.1, 0.15) is 5.82 Å². The Morgan fingerprint density at radius 2 is 2.04 bits per heavy atom. The van der Waals surface area contributed by atoms with Crippen LogP contribution in [0.3, 0.4) is 0 Å². The molecule has 1 atom stereocenters. The van der Waals surface area contributed by atoms with E-state index in [0.717, 1.165) is 5.56 Å². The molecule has 1 N–H and O–H groups in total. The molecule has 2 aromatic heterocycles. The lowest BCUT2D eigenvalue weighted by molar-refractivity contribution is -0.115. The van der Waals surface area contributed by atoms with Crippen molar-refractivity contribution in [2.75, 3.05) is 5.32 Å². The van der Waals surface area contributed by atoms with E-state index in [2.05, 4.69) is 27.1 Å². The lowest BCUT2D eigenvalue weighted by Gasteiger charge is -2.13. The Bertz CT molecular complexity index is 944. The summed E-state index contributed by atoms with van der Waals surface area (Å²) in [5.74, 6) is -0.122. The van der Waals surface area contributed by atoms with Crippen molar-refractivity contribution in [3.63, 3.8) is 0 Å². The van der Waals surface area contributed by atoms with Crippen molar-refractivity contribution in [3.05, 3.63) is 67.3 Å². The molecule has 6 nitrogen and oxygen atoms in total. The smallest absolute Gasteiger partial charge is 0.237 e. The van der Waals surface area contributed by atoms with E-state index in [4.69, 9.17) is 0 Å². The highest BCUT2D eigenvalue weighted by molar-refractivity contribution is 8.00. The predicted molar refractivity (Wildman–Crippen MR) is 104 cm³/mol. The largest absolute Gasteiger partial charge is 0.323 e. The minimum atomic E-state index is -0.498. The molecule has 0 bridgehead atoms. The number of hydrogen-bond acceptors (Lipinski definition) is 5. The van der Waals surface area contributed by atoms with Gasteiger partial charge in [-0.1, -0.05) is 30.0 Å². The summed E-state index contributed by atoms with van der Waals surface area (Å²) in [5.41, 5.74) is 1.02. The first-order chi connectivity index (χ1) is 13.1. The summed E-state index contributed by atoms with van der Waals surface area (Å²) in [7, 11) is 0. The van der Waals surface area contributed by atoms with Crippen LogP contribution in [0.5, 0.6) is 0 Å². The van der Waals surface area contributed by atoms with Gasteiger partial charge in [0.2, 0.25) is 5.91 Å². The fourth-order valence-corrected chi connectivity index (χ4v) is 3.25. The molecular weight excluding hydrogens is 365 g/mol. The van der Waals surface area contributed by atoms with E-state index in [0.29, 0.717) is 17.5 Å². The maximum atomic E-state index is 13.7. The molecular formula is C19H18FN5OS. The minimum Gasteiger partial charge on any atom is -0.323 e. The van der Waals surface area contributed by atoms with E-state index in [-0.39, 0.29) is 11.6 Å². The molecule has 0 aliphatic heterocycles. The van der Waals surface area contributed by atoms with E-state index in [1.807, 2.05) is 16.7 Å². The molecule has 8 heteroatoms. The molecule has 0 aliphatic rings. The molecule has 138 valence electrons. The predicted octanol–water partition coefficient (Wildman–Crippen LogP) is 3.78. The van der Waals surface area contributed by atoms with Crippen LogP contribution < -0.4 is 5.32 Å². The van der Waals surface area contributed by atoms with Crippen LogP contribution in [0.15, 0.2) is 66.6 Å². The van der Waals surface area contributed by atoms with Crippen LogP contribution in [0.2, 0.25) is 0 Å². The van der Waals surface area contributed by atoms with E-state index in [9.17, 15) is 9.18 Å². The second-order valence-corrected chi connectivity index (χ2v) is 6.98. The molecule has 0 unspecified atom stereocenters. The van der Waals surface area contributed by atoms with Crippen molar-refractivity contribution < 1.29 is 9.18 Å². The third kappa shape index (κ3) is 4.40. The van der Waals surface area contributed by atoms with Gasteiger partial charge in [-0.3, -0.25) is 14.3 Å². The number of nitrogens with zero attached hydrogens (tertiary/aromatic N) is 4. The topological polar surface area (TPSA) is 72.7 Å². The number of halogens is 1. The van der Waals surface area contributed by atoms with Crippen molar-refractivity contribution in [1.82, 2.24) is 19.7 Å². The third-order valence-corrected chi connectivity index (χ3v) is 4.83. The fraction of sp³-hybridized carbons (Fsp3) is 0.158. The number of amides is 1. The van der Waals surface area contributed by atoms with Gasteiger partial charge in [0.05, 0.1) is 10.9 Å². The Balaban J connectivity index is 1.78. The average Bonchev–Trinajstić information content (AvgIpc) is 3.07. The quantitative estimate of drug-likeness (QED) is 0.496. The zero-order valence-corrected chi connectivity index (χ0v) is 15.5. The number of benzene rings is 1. The van der Waals surface area contributed by atoms with Gasteiger partial charge in [-0.25, -0.2) is 4.39 Å². The van der Waals surface area contributed by atoms with Gasteiger partial charge in [0.25, 0.3) is 0 Å². The molecule has 3 aromatic rings. The summed E-state index contributed by atoms with van der Waals surface area (Å²) in [6, 6.07) is 9.74. The number of allylic oxidation sites excluding steroid dienone is 1. The fourth-order valence-electron chi connectivity index (χ4n) is 2.39. The van der Waals surface area contributed by atoms with Gasteiger partial charge >= 0.3 is 0 Å². The standard InChI is InChI=1S/C19H18FN5OS/c1-3-12-25-17(14-8-10-21-11-9-14)23-24-19(25)27-13(2)18(26)22-16-7-5-4-6-15(16)20/h3-11,13H,1,12H2,2H3,(H,22,26)/t13-/m0/s1. The second-order valence-electron chi connectivity index (χ2n) is 5.67. The molecule has 0 fully saturated rings. The van der Waals surface area contributed by atoms with Gasteiger partial charge in [0.15, 0.2) is 11.0 Å². The Morgan fingerprint density at radius 3 is 2.74 bits per heavy atom. The maximum Gasteiger partial charge on any atom is 0.237 e. The first kappa shape index (κ1) is 18.8. The summed E-state index contributed by atoms with van der Waals surface area (Å²) in [5, 5.41) is 11.1. The summed E-state index contributed by atoms with van der Waals surface area (Å²) in [6.07, 6.45) is 5.10. The van der Waals surface area contributed by atoms with Crippen LogP contribution in [0.25, 0.3) is 11.4 Å². The average molecular weight is 383 g/mol. The normalized spacial score (nSPS) is 11.8. The molecule has 0 radical (unpaired) electrons. The van der Waals surface area contributed by atoms with Gasteiger partial charge in [0, 0.05) is 24.5 Å². The minimum absolute atomic E-state index is 0.153. The number of rotatable bonds is 7. The number of aromatic nitrogens is 4. The monoisotopic (exact) mass is 383 g/mol. The zero-order chi connectivity index (χ0) is 19.2. The van der Waals surface area contributed by atoms with Crippen LogP contribution >= 0.6 is 11.8 Å². The summed E-state index contributed by atoms with van der Waals surface area (Å²) < 4.78 is 15.6. The highest BCUT2D eigenvalue weighted by Gasteiger charge is 2.21. The van der Waals surface area contributed by atoms with E-state index < -0.39 is 11.1 Å². The molecule has 0 saturated heterocycles. The molecule has 3 rings (SSSR count). The number of thioether (sulfide) groups is 1. The van der Waals surface area contributed by atoms with Gasteiger partial charge in [-0.05, 0) is 31.2 Å². The van der Waals surface area contributed by atoms with Crippen LogP contribution in [-0.2, 0) is 11.3 Å². The van der Waals surface area contributed by atoms with Crippen molar-refractivity contribution in [2.45, 2.75) is 23.9 Å². The van der Waals surface area contributed by atoms with Crippen LogP contribution in [-0.4, -0.2) is 30.9 Å². The summed E-state index contributed by atoms with van der Waals surface area (Å²) in [6.45, 7) is 6.00. The molecule has 1 amide bonds. The molecule has 0 saturated carbocycles. The molecule has 27 heavy (non-hydrogen) atoms. The number of nitrogens with one attached hydrogen (secondary N) is 1. The third-order valence-electron chi connectivity index (χ3n) is 3.75. The van der Waals surface area contributed by atoms with E-state index >= 15 is 0 Å². The Labute approximate surface area is 160 Å². The van der Waals surface area contributed by atoms with E-state index in [1.54, 1.807) is 37.5 Å². The molecule has 0 aliphatic carbocycles. The first-order valence-corrected chi connectivity index (χ1v) is 9.14. The summed E-state index contributed by atoms with van der Waals surface area (Å²) in [4.78, 5) is 16.4. The molecule has 2 heterocycles. The number of hydrogen-bond donors (Lipinski definition) is 1. The zero-order valence-electron chi connectivity index (χ0n) is 14.7. The Morgan fingerprint density at radius 1 is 1.30 bits per heavy atom. The first-order valence-electron chi connectivity index (χ1n) is 8.26. The SMILES string of the molecule is C=CCn1c(S[C@@H](C)C(=O)Nc2ccccc2F)nnc1-c1ccncc1. The van der Waals surface area contributed by atoms with Crippen molar-refractivity contribution in [2.24, 2.45) is 0 Å². The van der Waals surface area contributed by atoms with Crippen molar-refractivity contribution in [3.8, 4) is 11.4 Å². The van der Waals surface area contributed by atoms with Crippen LogP contribution in [0.1, 0.15) is 6.92 Å².